The minimum absolute atomic E-state index is 0.0676. The van der Waals surface area contributed by atoms with Crippen LogP contribution in [0.4, 0.5) is 5.69 Å². The van der Waals surface area contributed by atoms with Crippen LogP contribution in [0, 0.1) is 0 Å². The summed E-state index contributed by atoms with van der Waals surface area (Å²) in [5.41, 5.74) is 1.86. The van der Waals surface area contributed by atoms with E-state index in [-0.39, 0.29) is 11.9 Å². The summed E-state index contributed by atoms with van der Waals surface area (Å²) in [7, 11) is 1.90. The number of likely N-dealkylation sites (N-methyl/N-ethyl adjacent to an activating group) is 1. The van der Waals surface area contributed by atoms with E-state index in [1.54, 1.807) is 6.26 Å². The maximum absolute atomic E-state index is 12.5. The van der Waals surface area contributed by atoms with Gasteiger partial charge in [0.15, 0.2) is 0 Å². The Labute approximate surface area is 159 Å². The van der Waals surface area contributed by atoms with Crippen LogP contribution in [0.2, 0.25) is 0 Å². The van der Waals surface area contributed by atoms with E-state index in [1.807, 2.05) is 85.6 Å². The van der Waals surface area contributed by atoms with Gasteiger partial charge in [-0.15, -0.1) is 0 Å². The molecule has 0 spiro atoms. The van der Waals surface area contributed by atoms with Crippen LogP contribution < -0.4 is 10.1 Å². The number of rotatable bonds is 8. The highest BCUT2D eigenvalue weighted by atomic mass is 16.5. The third-order valence-corrected chi connectivity index (χ3v) is 4.40. The molecule has 1 aromatic heterocycles. The van der Waals surface area contributed by atoms with Crippen LogP contribution in [0.5, 0.6) is 5.75 Å². The molecule has 1 amide bonds. The Morgan fingerprint density at radius 2 is 1.81 bits per heavy atom. The zero-order valence-electron chi connectivity index (χ0n) is 15.6. The molecular weight excluding hydrogens is 340 g/mol. The lowest BCUT2D eigenvalue weighted by Gasteiger charge is -2.22. The quantitative estimate of drug-likeness (QED) is 0.647. The van der Waals surface area contributed by atoms with E-state index < -0.39 is 0 Å². The molecule has 0 radical (unpaired) electrons. The molecule has 3 aromatic rings. The number of carbonyl (C=O) groups excluding carboxylic acids is 1. The van der Waals surface area contributed by atoms with Crippen LogP contribution in [0.15, 0.2) is 77.4 Å². The van der Waals surface area contributed by atoms with E-state index >= 15 is 0 Å². The Morgan fingerprint density at radius 3 is 2.48 bits per heavy atom. The normalized spacial score (nSPS) is 12.0. The van der Waals surface area contributed by atoms with Crippen LogP contribution in [0.25, 0.3) is 0 Å². The summed E-state index contributed by atoms with van der Waals surface area (Å²) in [5, 5.41) is 2.94. The molecule has 0 fully saturated rings. The summed E-state index contributed by atoms with van der Waals surface area (Å²) in [6, 6.07) is 20.9. The highest BCUT2D eigenvalue weighted by Crippen LogP contribution is 2.18. The summed E-state index contributed by atoms with van der Waals surface area (Å²) in [6.07, 6.45) is 1.63. The molecule has 140 valence electrons. The van der Waals surface area contributed by atoms with Gasteiger partial charge >= 0.3 is 0 Å². The number of hydrogen-bond donors (Lipinski definition) is 1. The van der Waals surface area contributed by atoms with E-state index in [9.17, 15) is 4.79 Å². The topological polar surface area (TPSA) is 54.7 Å². The molecule has 0 aliphatic rings. The maximum atomic E-state index is 12.5. The van der Waals surface area contributed by atoms with Gasteiger partial charge in [-0.2, -0.15) is 0 Å². The first-order valence-corrected chi connectivity index (χ1v) is 8.92. The number of amides is 1. The Bertz CT molecular complexity index is 830. The van der Waals surface area contributed by atoms with Crippen LogP contribution >= 0.6 is 0 Å². The molecule has 0 aliphatic heterocycles. The molecule has 0 saturated carbocycles. The van der Waals surface area contributed by atoms with E-state index in [1.165, 1.54) is 0 Å². The first-order chi connectivity index (χ1) is 13.1. The lowest BCUT2D eigenvalue weighted by molar-refractivity contribution is -0.120. The molecule has 2 aromatic carbocycles. The Kier molecular flexibility index (Phi) is 6.28. The second-order valence-electron chi connectivity index (χ2n) is 6.46. The molecule has 0 saturated heterocycles. The number of benzene rings is 2. The van der Waals surface area contributed by atoms with E-state index in [2.05, 4.69) is 5.32 Å². The number of carbonyl (C=O) groups is 1. The molecule has 0 bridgehead atoms. The smallest absolute Gasteiger partial charge is 0.241 e. The minimum Gasteiger partial charge on any atom is -0.489 e. The van der Waals surface area contributed by atoms with Crippen molar-refractivity contribution in [1.82, 2.24) is 4.90 Å². The van der Waals surface area contributed by atoms with Crippen LogP contribution in [-0.4, -0.2) is 23.9 Å². The molecule has 1 N–H and O–H groups in total. The van der Waals surface area contributed by atoms with E-state index in [4.69, 9.17) is 9.15 Å². The summed E-state index contributed by atoms with van der Waals surface area (Å²) in [5.74, 6) is 1.53. The predicted octanol–water partition coefficient (Wildman–Crippen LogP) is 4.32. The lowest BCUT2D eigenvalue weighted by Crippen LogP contribution is -2.39. The van der Waals surface area contributed by atoms with Crippen molar-refractivity contribution in [2.75, 3.05) is 12.4 Å². The van der Waals surface area contributed by atoms with Gasteiger partial charge < -0.3 is 14.5 Å². The molecule has 1 unspecified atom stereocenters. The largest absolute Gasteiger partial charge is 0.489 e. The van der Waals surface area contributed by atoms with Gasteiger partial charge in [0, 0.05) is 5.69 Å². The van der Waals surface area contributed by atoms with Gasteiger partial charge in [-0.3, -0.25) is 9.69 Å². The summed E-state index contributed by atoms with van der Waals surface area (Å²) in [4.78, 5) is 14.4. The van der Waals surface area contributed by atoms with Gasteiger partial charge in [0.25, 0.3) is 0 Å². The number of nitrogens with one attached hydrogen (secondary N) is 1. The Balaban J connectivity index is 1.50. The van der Waals surface area contributed by atoms with Gasteiger partial charge in [-0.25, -0.2) is 0 Å². The van der Waals surface area contributed by atoms with Crippen molar-refractivity contribution in [3.8, 4) is 5.75 Å². The second kappa shape index (κ2) is 9.05. The average molecular weight is 364 g/mol. The highest BCUT2D eigenvalue weighted by molar-refractivity contribution is 5.94. The SMILES string of the molecule is CC(C(=O)Nc1ccc(OCc2ccccc2)cc1)N(C)Cc1ccco1. The fourth-order valence-corrected chi connectivity index (χ4v) is 2.61. The lowest BCUT2D eigenvalue weighted by atomic mass is 10.2. The van der Waals surface area contributed by atoms with E-state index in [0.717, 1.165) is 22.8 Å². The number of anilines is 1. The van der Waals surface area contributed by atoms with Gasteiger partial charge in [-0.05, 0) is 55.9 Å². The van der Waals surface area contributed by atoms with E-state index in [0.29, 0.717) is 13.2 Å². The number of nitrogens with zero attached hydrogens (tertiary/aromatic N) is 1. The first-order valence-electron chi connectivity index (χ1n) is 8.92. The van der Waals surface area contributed by atoms with Gasteiger partial charge in [0.2, 0.25) is 5.91 Å². The van der Waals surface area contributed by atoms with Crippen molar-refractivity contribution in [2.24, 2.45) is 0 Å². The van der Waals surface area contributed by atoms with Crippen molar-refractivity contribution in [3.63, 3.8) is 0 Å². The average Bonchev–Trinajstić information content (AvgIpc) is 3.20. The Morgan fingerprint density at radius 1 is 1.07 bits per heavy atom. The fraction of sp³-hybridized carbons (Fsp3) is 0.227. The summed E-state index contributed by atoms with van der Waals surface area (Å²) >= 11 is 0. The third-order valence-electron chi connectivity index (χ3n) is 4.40. The number of ether oxygens (including phenoxy) is 1. The number of hydrogen-bond acceptors (Lipinski definition) is 4. The monoisotopic (exact) mass is 364 g/mol. The molecule has 3 rings (SSSR count). The molecule has 0 aliphatic carbocycles. The molecule has 5 heteroatoms. The van der Waals surface area contributed by atoms with Crippen molar-refractivity contribution in [1.29, 1.82) is 0 Å². The molecular formula is C22H24N2O3. The Hall–Kier alpha value is -3.05. The summed E-state index contributed by atoms with van der Waals surface area (Å²) in [6.45, 7) is 2.96. The van der Waals surface area contributed by atoms with Crippen LogP contribution in [0.1, 0.15) is 18.2 Å². The second-order valence-corrected chi connectivity index (χ2v) is 6.46. The zero-order valence-corrected chi connectivity index (χ0v) is 15.6. The van der Waals surface area contributed by atoms with Gasteiger partial charge in [0.05, 0.1) is 18.8 Å². The molecule has 5 nitrogen and oxygen atoms in total. The standard InChI is InChI=1S/C22H24N2O3/c1-17(24(2)15-21-9-6-14-26-21)22(25)23-19-10-12-20(13-11-19)27-16-18-7-4-3-5-8-18/h3-14,17H,15-16H2,1-2H3,(H,23,25). The fourth-order valence-electron chi connectivity index (χ4n) is 2.61. The van der Waals surface area contributed by atoms with Crippen molar-refractivity contribution in [3.05, 3.63) is 84.3 Å². The van der Waals surface area contributed by atoms with Crippen molar-refractivity contribution in [2.45, 2.75) is 26.1 Å². The predicted molar refractivity (Wildman–Crippen MR) is 105 cm³/mol. The van der Waals surface area contributed by atoms with Gasteiger partial charge in [-0.1, -0.05) is 30.3 Å². The van der Waals surface area contributed by atoms with Crippen molar-refractivity contribution < 1.29 is 13.9 Å². The van der Waals surface area contributed by atoms with Gasteiger partial charge in [0.1, 0.15) is 18.1 Å². The maximum Gasteiger partial charge on any atom is 0.241 e. The zero-order chi connectivity index (χ0) is 19.1. The molecule has 27 heavy (non-hydrogen) atoms. The van der Waals surface area contributed by atoms with Crippen molar-refractivity contribution >= 4 is 11.6 Å². The minimum atomic E-state index is -0.288. The van der Waals surface area contributed by atoms with Crippen LogP contribution in [0.3, 0.4) is 0 Å². The number of furan rings is 1. The first kappa shape index (κ1) is 18.7. The molecule has 1 atom stereocenters. The third kappa shape index (κ3) is 5.46. The molecule has 1 heterocycles. The van der Waals surface area contributed by atoms with Crippen LogP contribution in [-0.2, 0) is 17.9 Å². The summed E-state index contributed by atoms with van der Waals surface area (Å²) < 4.78 is 11.1. The highest BCUT2D eigenvalue weighted by Gasteiger charge is 2.19.